The minimum Gasteiger partial charge on any atom is -0.378 e. The third-order valence-electron chi connectivity index (χ3n) is 2.19. The number of rotatable bonds is 6. The summed E-state index contributed by atoms with van der Waals surface area (Å²) in [6.45, 7) is 3.28. The standard InChI is InChI=1S/C12H15Cl2NO2/c1-9-8-10(14)2-3-11(9)12(16)15-5-7-17-6-4-13/h2-3,8H,4-7H2,1H3,(H,15,16). The smallest absolute Gasteiger partial charge is 0.251 e. The lowest BCUT2D eigenvalue weighted by Crippen LogP contribution is -2.28. The molecule has 94 valence electrons. The van der Waals surface area contributed by atoms with E-state index >= 15 is 0 Å². The Kier molecular flexibility index (Phi) is 6.34. The van der Waals surface area contributed by atoms with Crippen LogP contribution < -0.4 is 5.32 Å². The Labute approximate surface area is 111 Å². The van der Waals surface area contributed by atoms with E-state index in [9.17, 15) is 4.79 Å². The SMILES string of the molecule is Cc1cc(Cl)ccc1C(=O)NCCOCCCl. The summed E-state index contributed by atoms with van der Waals surface area (Å²) >= 11 is 11.3. The zero-order chi connectivity index (χ0) is 12.7. The first kappa shape index (κ1) is 14.3. The number of ether oxygens (including phenoxy) is 1. The van der Waals surface area contributed by atoms with Crippen molar-refractivity contribution in [2.24, 2.45) is 0 Å². The largest absolute Gasteiger partial charge is 0.378 e. The summed E-state index contributed by atoms with van der Waals surface area (Å²) in [6.07, 6.45) is 0. The van der Waals surface area contributed by atoms with Crippen LogP contribution in [0.15, 0.2) is 18.2 Å². The summed E-state index contributed by atoms with van der Waals surface area (Å²) < 4.78 is 5.15. The number of halogens is 2. The van der Waals surface area contributed by atoms with Gasteiger partial charge in [-0.15, -0.1) is 11.6 Å². The number of aryl methyl sites for hydroxylation is 1. The molecule has 5 heteroatoms. The Morgan fingerprint density at radius 1 is 1.41 bits per heavy atom. The average molecular weight is 276 g/mol. The number of amides is 1. The van der Waals surface area contributed by atoms with Crippen LogP contribution in [-0.4, -0.2) is 31.5 Å². The molecule has 1 N–H and O–H groups in total. The monoisotopic (exact) mass is 275 g/mol. The number of carbonyl (C=O) groups is 1. The van der Waals surface area contributed by atoms with Crippen molar-refractivity contribution < 1.29 is 9.53 Å². The molecule has 0 saturated heterocycles. The summed E-state index contributed by atoms with van der Waals surface area (Å²) in [5.74, 6) is 0.346. The molecule has 0 atom stereocenters. The van der Waals surface area contributed by atoms with Crippen molar-refractivity contribution in [1.29, 1.82) is 0 Å². The zero-order valence-electron chi connectivity index (χ0n) is 9.63. The van der Waals surface area contributed by atoms with Crippen molar-refractivity contribution >= 4 is 29.1 Å². The number of hydrogen-bond acceptors (Lipinski definition) is 2. The summed E-state index contributed by atoms with van der Waals surface area (Å²) in [5, 5.41) is 3.40. The molecule has 0 heterocycles. The fraction of sp³-hybridized carbons (Fsp3) is 0.417. The third-order valence-corrected chi connectivity index (χ3v) is 2.58. The maximum absolute atomic E-state index is 11.8. The van der Waals surface area contributed by atoms with Gasteiger partial charge in [-0.3, -0.25) is 4.79 Å². The van der Waals surface area contributed by atoms with Crippen molar-refractivity contribution in [2.45, 2.75) is 6.92 Å². The quantitative estimate of drug-likeness (QED) is 0.640. The van der Waals surface area contributed by atoms with Gasteiger partial charge < -0.3 is 10.1 Å². The normalized spacial score (nSPS) is 10.3. The van der Waals surface area contributed by atoms with Gasteiger partial charge in [-0.1, -0.05) is 11.6 Å². The van der Waals surface area contributed by atoms with Crippen LogP contribution in [0.2, 0.25) is 5.02 Å². The van der Waals surface area contributed by atoms with Crippen molar-refractivity contribution in [3.05, 3.63) is 34.3 Å². The van der Waals surface area contributed by atoms with Crippen LogP contribution in [0.5, 0.6) is 0 Å². The summed E-state index contributed by atoms with van der Waals surface area (Å²) in [4.78, 5) is 11.8. The Morgan fingerprint density at radius 2 is 2.18 bits per heavy atom. The van der Waals surface area contributed by atoms with Crippen LogP contribution in [0.3, 0.4) is 0 Å². The zero-order valence-corrected chi connectivity index (χ0v) is 11.1. The molecule has 3 nitrogen and oxygen atoms in total. The average Bonchev–Trinajstić information content (AvgIpc) is 2.28. The Balaban J connectivity index is 2.42. The predicted molar refractivity (Wildman–Crippen MR) is 70.1 cm³/mol. The highest BCUT2D eigenvalue weighted by molar-refractivity contribution is 6.30. The van der Waals surface area contributed by atoms with E-state index in [-0.39, 0.29) is 5.91 Å². The molecule has 1 amide bonds. The van der Waals surface area contributed by atoms with Crippen LogP contribution in [-0.2, 0) is 4.74 Å². The molecule has 0 saturated carbocycles. The molecule has 0 aliphatic carbocycles. The third kappa shape index (κ3) is 4.94. The minimum absolute atomic E-state index is 0.117. The van der Waals surface area contributed by atoms with E-state index in [4.69, 9.17) is 27.9 Å². The summed E-state index contributed by atoms with van der Waals surface area (Å²) in [6, 6.07) is 5.18. The van der Waals surface area contributed by atoms with Gasteiger partial charge in [-0.25, -0.2) is 0 Å². The number of nitrogens with one attached hydrogen (secondary N) is 1. The first-order valence-corrected chi connectivity index (χ1v) is 6.24. The van der Waals surface area contributed by atoms with Crippen LogP contribution >= 0.6 is 23.2 Å². The number of hydrogen-bond donors (Lipinski definition) is 1. The highest BCUT2D eigenvalue weighted by atomic mass is 35.5. The lowest BCUT2D eigenvalue weighted by molar-refractivity contribution is 0.0923. The second-order valence-electron chi connectivity index (χ2n) is 3.52. The fourth-order valence-corrected chi connectivity index (χ4v) is 1.71. The highest BCUT2D eigenvalue weighted by Gasteiger charge is 2.08. The molecule has 0 bridgehead atoms. The first-order chi connectivity index (χ1) is 8.15. The Bertz CT molecular complexity index is 383. The number of carbonyl (C=O) groups excluding carboxylic acids is 1. The van der Waals surface area contributed by atoms with Gasteiger partial charge in [0.05, 0.1) is 13.2 Å². The van der Waals surface area contributed by atoms with Gasteiger partial charge in [0.2, 0.25) is 0 Å². The molecule has 0 aromatic heterocycles. The van der Waals surface area contributed by atoms with Crippen LogP contribution in [0, 0.1) is 6.92 Å². The Morgan fingerprint density at radius 3 is 2.82 bits per heavy atom. The van der Waals surface area contributed by atoms with Crippen molar-refractivity contribution in [1.82, 2.24) is 5.32 Å². The van der Waals surface area contributed by atoms with Crippen LogP contribution in [0.25, 0.3) is 0 Å². The van der Waals surface area contributed by atoms with E-state index in [1.807, 2.05) is 6.92 Å². The topological polar surface area (TPSA) is 38.3 Å². The van der Waals surface area contributed by atoms with Crippen molar-refractivity contribution in [3.63, 3.8) is 0 Å². The molecule has 0 fully saturated rings. The molecule has 1 rings (SSSR count). The predicted octanol–water partition coefficient (Wildman–Crippen LogP) is 2.63. The van der Waals surface area contributed by atoms with Gasteiger partial charge in [0.25, 0.3) is 5.91 Å². The lowest BCUT2D eigenvalue weighted by Gasteiger charge is -2.08. The van der Waals surface area contributed by atoms with Gasteiger partial charge >= 0.3 is 0 Å². The molecule has 1 aromatic carbocycles. The van der Waals surface area contributed by atoms with Gasteiger partial charge in [0.1, 0.15) is 0 Å². The van der Waals surface area contributed by atoms with Crippen LogP contribution in [0.1, 0.15) is 15.9 Å². The minimum atomic E-state index is -0.117. The van der Waals surface area contributed by atoms with E-state index in [0.29, 0.717) is 36.2 Å². The van der Waals surface area contributed by atoms with E-state index in [0.717, 1.165) is 5.56 Å². The van der Waals surface area contributed by atoms with E-state index in [1.54, 1.807) is 18.2 Å². The van der Waals surface area contributed by atoms with E-state index < -0.39 is 0 Å². The molecule has 0 aliphatic rings. The van der Waals surface area contributed by atoms with Crippen LogP contribution in [0.4, 0.5) is 0 Å². The maximum Gasteiger partial charge on any atom is 0.251 e. The van der Waals surface area contributed by atoms with Crippen molar-refractivity contribution in [3.8, 4) is 0 Å². The number of benzene rings is 1. The molecule has 17 heavy (non-hydrogen) atoms. The maximum atomic E-state index is 11.8. The second-order valence-corrected chi connectivity index (χ2v) is 4.33. The van der Waals surface area contributed by atoms with Gasteiger partial charge in [-0.2, -0.15) is 0 Å². The summed E-state index contributed by atoms with van der Waals surface area (Å²) in [7, 11) is 0. The first-order valence-electron chi connectivity index (χ1n) is 5.33. The van der Waals surface area contributed by atoms with Gasteiger partial charge in [0.15, 0.2) is 0 Å². The lowest BCUT2D eigenvalue weighted by atomic mass is 10.1. The van der Waals surface area contributed by atoms with Crippen molar-refractivity contribution in [2.75, 3.05) is 25.6 Å². The molecule has 1 aromatic rings. The second kappa shape index (κ2) is 7.54. The highest BCUT2D eigenvalue weighted by Crippen LogP contribution is 2.14. The van der Waals surface area contributed by atoms with E-state index in [1.165, 1.54) is 0 Å². The summed E-state index contributed by atoms with van der Waals surface area (Å²) in [5.41, 5.74) is 1.49. The fourth-order valence-electron chi connectivity index (χ4n) is 1.37. The molecular formula is C12H15Cl2NO2. The molecule has 0 unspecified atom stereocenters. The molecule has 0 spiro atoms. The van der Waals surface area contributed by atoms with E-state index in [2.05, 4.69) is 5.32 Å². The molecular weight excluding hydrogens is 261 g/mol. The molecule has 0 aliphatic heterocycles. The Hall–Kier alpha value is -0.770. The molecule has 0 radical (unpaired) electrons. The number of alkyl halides is 1. The van der Waals surface area contributed by atoms with Gasteiger partial charge in [0, 0.05) is 23.0 Å². The van der Waals surface area contributed by atoms with Gasteiger partial charge in [-0.05, 0) is 30.7 Å².